The average Bonchev–Trinajstić information content (AvgIpc) is 2.81. The second-order valence-corrected chi connectivity index (χ2v) is 4.90. The van der Waals surface area contributed by atoms with Crippen molar-refractivity contribution in [3.8, 4) is 11.1 Å². The third-order valence-corrected chi connectivity index (χ3v) is 3.18. The van der Waals surface area contributed by atoms with Crippen LogP contribution in [0.3, 0.4) is 0 Å². The van der Waals surface area contributed by atoms with E-state index in [2.05, 4.69) is 26.0 Å². The molecule has 1 aromatic carbocycles. The predicted octanol–water partition coefficient (Wildman–Crippen LogP) is 2.86. The molecule has 0 amide bonds. The van der Waals surface area contributed by atoms with Crippen LogP contribution in [0.25, 0.3) is 16.8 Å². The van der Waals surface area contributed by atoms with Crippen molar-refractivity contribution in [3.63, 3.8) is 0 Å². The lowest BCUT2D eigenvalue weighted by Gasteiger charge is -2.00. The van der Waals surface area contributed by atoms with E-state index < -0.39 is 5.97 Å². The van der Waals surface area contributed by atoms with Gasteiger partial charge in [-0.15, -0.1) is 0 Å². The molecule has 1 N–H and O–H groups in total. The largest absolute Gasteiger partial charge is 0.478 e. The molecule has 0 spiro atoms. The highest BCUT2D eigenvalue weighted by Gasteiger charge is 2.09. The van der Waals surface area contributed by atoms with Crippen molar-refractivity contribution in [1.82, 2.24) is 14.6 Å². The zero-order chi connectivity index (χ0) is 13.4. The number of nitrogens with zero attached hydrogens (tertiary/aromatic N) is 3. The lowest BCUT2D eigenvalue weighted by Crippen LogP contribution is -1.95. The number of aromatic nitrogens is 3. The highest BCUT2D eigenvalue weighted by atomic mass is 79.9. The molecule has 3 aromatic rings. The summed E-state index contributed by atoms with van der Waals surface area (Å²) in [6.07, 6.45) is 5.23. The van der Waals surface area contributed by atoms with E-state index in [0.717, 1.165) is 21.2 Å². The number of hydrogen-bond acceptors (Lipinski definition) is 3. The summed E-state index contributed by atoms with van der Waals surface area (Å²) in [5.74, 6) is -0.937. The number of halogens is 1. The Bertz CT molecular complexity index is 765. The van der Waals surface area contributed by atoms with Crippen molar-refractivity contribution in [1.29, 1.82) is 0 Å². The smallest absolute Gasteiger partial charge is 0.335 e. The summed E-state index contributed by atoms with van der Waals surface area (Å²) in [6.45, 7) is 0. The summed E-state index contributed by atoms with van der Waals surface area (Å²) in [4.78, 5) is 15.1. The van der Waals surface area contributed by atoms with Crippen LogP contribution in [-0.2, 0) is 0 Å². The van der Waals surface area contributed by atoms with Gasteiger partial charge in [0.1, 0.15) is 0 Å². The topological polar surface area (TPSA) is 67.5 Å². The lowest BCUT2D eigenvalue weighted by atomic mass is 10.1. The summed E-state index contributed by atoms with van der Waals surface area (Å²) in [6, 6.07) is 6.65. The van der Waals surface area contributed by atoms with E-state index in [0.29, 0.717) is 0 Å². The molecule has 3 rings (SSSR count). The van der Waals surface area contributed by atoms with Crippen LogP contribution in [0.5, 0.6) is 0 Å². The van der Waals surface area contributed by atoms with Gasteiger partial charge in [-0.2, -0.15) is 5.10 Å². The van der Waals surface area contributed by atoms with Crippen molar-refractivity contribution < 1.29 is 9.90 Å². The van der Waals surface area contributed by atoms with Crippen molar-refractivity contribution in [2.24, 2.45) is 0 Å². The van der Waals surface area contributed by atoms with Gasteiger partial charge in [-0.1, -0.05) is 12.1 Å². The second kappa shape index (κ2) is 4.47. The van der Waals surface area contributed by atoms with Crippen molar-refractivity contribution >= 4 is 27.5 Å². The maximum atomic E-state index is 10.8. The lowest BCUT2D eigenvalue weighted by molar-refractivity contribution is 0.0697. The predicted molar refractivity (Wildman–Crippen MR) is 73.1 cm³/mol. The first-order chi connectivity index (χ1) is 9.15. The summed E-state index contributed by atoms with van der Waals surface area (Å²) in [7, 11) is 0. The molecule has 0 radical (unpaired) electrons. The maximum Gasteiger partial charge on any atom is 0.335 e. The number of aromatic carboxylic acids is 1. The maximum absolute atomic E-state index is 10.8. The minimum atomic E-state index is -0.937. The first-order valence-corrected chi connectivity index (χ1v) is 6.27. The zero-order valence-electron chi connectivity index (χ0n) is 9.62. The Morgan fingerprint density at radius 1 is 1.21 bits per heavy atom. The van der Waals surface area contributed by atoms with Crippen LogP contribution < -0.4 is 0 Å². The Balaban J connectivity index is 2.11. The van der Waals surface area contributed by atoms with E-state index in [4.69, 9.17) is 5.11 Å². The summed E-state index contributed by atoms with van der Waals surface area (Å²) in [5.41, 5.74) is 2.74. The summed E-state index contributed by atoms with van der Waals surface area (Å²) in [5, 5.41) is 13.1. The zero-order valence-corrected chi connectivity index (χ0v) is 11.2. The number of carbonyl (C=O) groups is 1. The minimum Gasteiger partial charge on any atom is -0.478 e. The third kappa shape index (κ3) is 2.10. The fourth-order valence-corrected chi connectivity index (χ4v) is 2.14. The molecule has 0 bridgehead atoms. The molecule has 0 fully saturated rings. The molecular weight excluding hydrogens is 310 g/mol. The van der Waals surface area contributed by atoms with Crippen LogP contribution in [0.2, 0.25) is 0 Å². The van der Waals surface area contributed by atoms with Gasteiger partial charge in [0, 0.05) is 18.0 Å². The first-order valence-electron chi connectivity index (χ1n) is 5.48. The van der Waals surface area contributed by atoms with E-state index in [1.54, 1.807) is 41.2 Å². The molecule has 0 saturated carbocycles. The number of hydrogen-bond donors (Lipinski definition) is 1. The van der Waals surface area contributed by atoms with Gasteiger partial charge in [0.2, 0.25) is 0 Å². The van der Waals surface area contributed by atoms with Gasteiger partial charge in [0.05, 0.1) is 16.2 Å². The van der Waals surface area contributed by atoms with Crippen molar-refractivity contribution in [2.75, 3.05) is 0 Å². The molecule has 0 atom stereocenters. The van der Waals surface area contributed by atoms with E-state index in [-0.39, 0.29) is 5.56 Å². The Labute approximate surface area is 116 Å². The van der Waals surface area contributed by atoms with Gasteiger partial charge in [0.25, 0.3) is 0 Å². The van der Waals surface area contributed by atoms with Crippen LogP contribution >= 0.6 is 15.9 Å². The van der Waals surface area contributed by atoms with Crippen LogP contribution in [0.4, 0.5) is 0 Å². The number of benzene rings is 1. The van der Waals surface area contributed by atoms with Crippen LogP contribution in [0.1, 0.15) is 10.4 Å². The SMILES string of the molecule is O=C(O)c1ccc(-c2cnn3cc(Br)cnc23)cc1. The van der Waals surface area contributed by atoms with Crippen molar-refractivity contribution in [2.45, 2.75) is 0 Å². The minimum absolute atomic E-state index is 0.260. The summed E-state index contributed by atoms with van der Waals surface area (Å²) >= 11 is 3.33. The molecule has 2 heterocycles. The van der Waals surface area contributed by atoms with Gasteiger partial charge in [-0.05, 0) is 33.6 Å². The Hall–Kier alpha value is -2.21. The molecule has 0 unspecified atom stereocenters. The van der Waals surface area contributed by atoms with Gasteiger partial charge in [-0.25, -0.2) is 14.3 Å². The fourth-order valence-electron chi connectivity index (χ4n) is 1.85. The molecule has 0 saturated heterocycles. The molecule has 19 heavy (non-hydrogen) atoms. The summed E-state index contributed by atoms with van der Waals surface area (Å²) < 4.78 is 2.51. The Morgan fingerprint density at radius 2 is 1.95 bits per heavy atom. The quantitative estimate of drug-likeness (QED) is 0.789. The van der Waals surface area contributed by atoms with Crippen LogP contribution in [0, 0.1) is 0 Å². The van der Waals surface area contributed by atoms with Crippen LogP contribution in [0.15, 0.2) is 47.3 Å². The molecule has 94 valence electrons. The first kappa shape index (κ1) is 11.9. The molecule has 5 nitrogen and oxygen atoms in total. The molecule has 6 heteroatoms. The van der Waals surface area contributed by atoms with E-state index in [9.17, 15) is 4.79 Å². The highest BCUT2D eigenvalue weighted by Crippen LogP contribution is 2.24. The molecule has 0 aliphatic rings. The van der Waals surface area contributed by atoms with Crippen molar-refractivity contribution in [3.05, 3.63) is 52.9 Å². The van der Waals surface area contributed by atoms with Gasteiger partial charge >= 0.3 is 5.97 Å². The standard InChI is InChI=1S/C13H8BrN3O2/c14-10-5-15-12-11(6-16-17(12)7-10)8-1-3-9(4-2-8)13(18)19/h1-7H,(H,18,19). The molecule has 0 aliphatic heterocycles. The number of fused-ring (bicyclic) bond motifs is 1. The Kier molecular flexibility index (Phi) is 2.79. The molecular formula is C13H8BrN3O2. The molecule has 0 aliphatic carbocycles. The normalized spacial score (nSPS) is 10.8. The second-order valence-electron chi connectivity index (χ2n) is 3.98. The number of carboxylic acid groups (broad SMARTS) is 1. The monoisotopic (exact) mass is 317 g/mol. The van der Waals surface area contributed by atoms with E-state index >= 15 is 0 Å². The van der Waals surface area contributed by atoms with Gasteiger partial charge in [-0.3, -0.25) is 0 Å². The third-order valence-electron chi connectivity index (χ3n) is 2.77. The highest BCUT2D eigenvalue weighted by molar-refractivity contribution is 9.10. The van der Waals surface area contributed by atoms with Gasteiger partial charge < -0.3 is 5.11 Å². The average molecular weight is 318 g/mol. The van der Waals surface area contributed by atoms with Gasteiger partial charge in [0.15, 0.2) is 5.65 Å². The number of rotatable bonds is 2. The fraction of sp³-hybridized carbons (Fsp3) is 0. The number of carboxylic acids is 1. The molecule has 2 aromatic heterocycles. The van der Waals surface area contributed by atoms with Crippen LogP contribution in [-0.4, -0.2) is 25.7 Å². The van der Waals surface area contributed by atoms with E-state index in [1.807, 2.05) is 6.20 Å². The van der Waals surface area contributed by atoms with E-state index in [1.165, 1.54) is 0 Å². The Morgan fingerprint density at radius 3 is 2.63 bits per heavy atom.